The van der Waals surface area contributed by atoms with Gasteiger partial charge in [0.05, 0.1) is 5.60 Å². The monoisotopic (exact) mass is 608 g/mol. The summed E-state index contributed by atoms with van der Waals surface area (Å²) in [5.74, 6) is 1.13. The summed E-state index contributed by atoms with van der Waals surface area (Å²) in [7, 11) is 0. The summed E-state index contributed by atoms with van der Waals surface area (Å²) in [5, 5.41) is 11.4. The second-order valence-electron chi connectivity index (χ2n) is 14.0. The fraction of sp³-hybridized carbons (Fsp3) is 0.525. The van der Waals surface area contributed by atoms with Gasteiger partial charge in [0.15, 0.2) is 0 Å². The SMILES string of the molecule is O=C(OCc1ccccc1)[C@H](C1CCCCC1)N1C[C@H](CN2CCC(O)(CCCc3ccccc3)CC2)[C@@H](c2ccccc2)C1. The van der Waals surface area contributed by atoms with Crippen LogP contribution >= 0.6 is 0 Å². The number of carbonyl (C=O) groups excluding carboxylic acids is 1. The van der Waals surface area contributed by atoms with E-state index in [1.54, 1.807) is 0 Å². The Morgan fingerprint density at radius 1 is 0.822 bits per heavy atom. The molecule has 240 valence electrons. The molecule has 3 aromatic rings. The van der Waals surface area contributed by atoms with Crippen LogP contribution in [0.3, 0.4) is 0 Å². The van der Waals surface area contributed by atoms with Crippen molar-refractivity contribution in [1.82, 2.24) is 9.80 Å². The molecule has 3 aromatic carbocycles. The van der Waals surface area contributed by atoms with E-state index in [1.807, 2.05) is 30.3 Å². The van der Waals surface area contributed by atoms with Crippen LogP contribution in [0.1, 0.15) is 80.4 Å². The Kier molecular flexibility index (Phi) is 11.0. The van der Waals surface area contributed by atoms with E-state index in [4.69, 9.17) is 4.74 Å². The maximum absolute atomic E-state index is 13.9. The van der Waals surface area contributed by atoms with Crippen LogP contribution in [0.5, 0.6) is 0 Å². The minimum Gasteiger partial charge on any atom is -0.460 e. The molecule has 5 heteroatoms. The van der Waals surface area contributed by atoms with Gasteiger partial charge in [0.2, 0.25) is 0 Å². The van der Waals surface area contributed by atoms with E-state index in [2.05, 4.69) is 70.5 Å². The van der Waals surface area contributed by atoms with Crippen LogP contribution < -0.4 is 0 Å². The molecule has 1 N–H and O–H groups in total. The fourth-order valence-corrected chi connectivity index (χ4v) is 8.30. The van der Waals surface area contributed by atoms with Crippen molar-refractivity contribution in [1.29, 1.82) is 0 Å². The Labute approximate surface area is 270 Å². The van der Waals surface area contributed by atoms with Crippen LogP contribution in [-0.2, 0) is 22.6 Å². The van der Waals surface area contributed by atoms with Gasteiger partial charge >= 0.3 is 5.97 Å². The highest BCUT2D eigenvalue weighted by molar-refractivity contribution is 5.76. The molecule has 3 aliphatic rings. The maximum atomic E-state index is 13.9. The first-order chi connectivity index (χ1) is 22.1. The predicted molar refractivity (Wildman–Crippen MR) is 181 cm³/mol. The van der Waals surface area contributed by atoms with Crippen molar-refractivity contribution in [2.24, 2.45) is 11.8 Å². The normalized spacial score (nSPS) is 23.5. The number of rotatable bonds is 12. The van der Waals surface area contributed by atoms with Gasteiger partial charge in [0.25, 0.3) is 0 Å². The third-order valence-electron chi connectivity index (χ3n) is 10.9. The number of esters is 1. The first-order valence-corrected chi connectivity index (χ1v) is 17.5. The first-order valence-electron chi connectivity index (χ1n) is 17.5. The molecule has 1 aliphatic carbocycles. The second-order valence-corrected chi connectivity index (χ2v) is 14.0. The molecule has 5 nitrogen and oxygen atoms in total. The van der Waals surface area contributed by atoms with Crippen LogP contribution in [0, 0.1) is 11.8 Å². The van der Waals surface area contributed by atoms with Crippen LogP contribution in [0.25, 0.3) is 0 Å². The third kappa shape index (κ3) is 8.64. The Hall–Kier alpha value is -2.99. The number of hydrogen-bond donors (Lipinski definition) is 1. The molecule has 0 radical (unpaired) electrons. The summed E-state index contributed by atoms with van der Waals surface area (Å²) in [4.78, 5) is 19.0. The standard InChI is InChI=1S/C40H52N2O3/c43-39(45-31-33-16-7-2-8-17-33)38(35-21-11-4-12-22-35)42-29-36(37(30-42)34-19-9-3-10-20-34)28-41-26-24-40(44,25-27-41)23-13-18-32-14-5-1-6-15-32/h1-3,5-10,14-17,19-20,35-38,44H,4,11-13,18,21-31H2/t36-,37+,38-/m0/s1. The van der Waals surface area contributed by atoms with Crippen molar-refractivity contribution in [2.45, 2.75) is 88.4 Å². The number of ether oxygens (including phenoxy) is 1. The lowest BCUT2D eigenvalue weighted by Gasteiger charge is -2.40. The van der Waals surface area contributed by atoms with E-state index in [1.165, 1.54) is 30.4 Å². The summed E-state index contributed by atoms with van der Waals surface area (Å²) < 4.78 is 6.05. The number of carbonyl (C=O) groups is 1. The van der Waals surface area contributed by atoms with Crippen LogP contribution in [0.4, 0.5) is 0 Å². The van der Waals surface area contributed by atoms with Gasteiger partial charge in [0, 0.05) is 38.6 Å². The Morgan fingerprint density at radius 2 is 1.44 bits per heavy atom. The summed E-state index contributed by atoms with van der Waals surface area (Å²) in [5.41, 5.74) is 3.21. The predicted octanol–water partition coefficient (Wildman–Crippen LogP) is 7.24. The maximum Gasteiger partial charge on any atom is 0.323 e. The lowest BCUT2D eigenvalue weighted by molar-refractivity contribution is -0.154. The van der Waals surface area contributed by atoms with Gasteiger partial charge in [-0.05, 0) is 73.5 Å². The zero-order valence-corrected chi connectivity index (χ0v) is 26.9. The van der Waals surface area contributed by atoms with E-state index in [9.17, 15) is 9.90 Å². The van der Waals surface area contributed by atoms with Gasteiger partial charge in [-0.1, -0.05) is 110 Å². The van der Waals surface area contributed by atoms with Gasteiger partial charge in [0.1, 0.15) is 12.6 Å². The second kappa shape index (κ2) is 15.5. The van der Waals surface area contributed by atoms with Gasteiger partial charge in [-0.25, -0.2) is 0 Å². The Bertz CT molecular complexity index is 1300. The fourth-order valence-electron chi connectivity index (χ4n) is 8.30. The average Bonchev–Trinajstić information content (AvgIpc) is 3.50. The lowest BCUT2D eigenvalue weighted by Crippen LogP contribution is -2.48. The molecule has 2 aliphatic heterocycles. The summed E-state index contributed by atoms with van der Waals surface area (Å²) in [6.45, 7) is 5.03. The van der Waals surface area contributed by atoms with Crippen LogP contribution in [-0.4, -0.2) is 65.2 Å². The Morgan fingerprint density at radius 3 is 2.11 bits per heavy atom. The average molecular weight is 609 g/mol. The van der Waals surface area contributed by atoms with Crippen LogP contribution in [0.2, 0.25) is 0 Å². The minimum atomic E-state index is -0.555. The first kappa shape index (κ1) is 32.0. The molecule has 1 saturated carbocycles. The van der Waals surface area contributed by atoms with Gasteiger partial charge in [-0.2, -0.15) is 0 Å². The summed E-state index contributed by atoms with van der Waals surface area (Å²) in [6.07, 6.45) is 10.5. The summed E-state index contributed by atoms with van der Waals surface area (Å²) in [6, 6.07) is 31.5. The molecule has 45 heavy (non-hydrogen) atoms. The molecule has 3 fully saturated rings. The number of nitrogens with zero attached hydrogens (tertiary/aromatic N) is 2. The number of hydrogen-bond acceptors (Lipinski definition) is 5. The molecule has 2 heterocycles. The van der Waals surface area contributed by atoms with E-state index in [0.29, 0.717) is 24.4 Å². The molecule has 0 spiro atoms. The van der Waals surface area contributed by atoms with E-state index >= 15 is 0 Å². The van der Waals surface area contributed by atoms with E-state index in [-0.39, 0.29) is 12.0 Å². The van der Waals surface area contributed by atoms with Crippen molar-refractivity contribution >= 4 is 5.97 Å². The van der Waals surface area contributed by atoms with Crippen molar-refractivity contribution in [3.8, 4) is 0 Å². The highest BCUT2D eigenvalue weighted by Crippen LogP contribution is 2.39. The number of aryl methyl sites for hydroxylation is 1. The number of piperidine rings is 1. The highest BCUT2D eigenvalue weighted by Gasteiger charge is 2.44. The molecule has 3 atom stereocenters. The molecule has 6 rings (SSSR count). The van der Waals surface area contributed by atoms with Crippen molar-refractivity contribution in [3.63, 3.8) is 0 Å². The molecular formula is C40H52N2O3. The number of likely N-dealkylation sites (tertiary alicyclic amines) is 2. The quantitative estimate of drug-likeness (QED) is 0.220. The topological polar surface area (TPSA) is 53.0 Å². The van der Waals surface area contributed by atoms with E-state index in [0.717, 1.165) is 83.2 Å². The largest absolute Gasteiger partial charge is 0.460 e. The lowest BCUT2D eigenvalue weighted by atomic mass is 9.83. The minimum absolute atomic E-state index is 0.0447. The molecule has 0 unspecified atom stereocenters. The molecule has 0 amide bonds. The van der Waals surface area contributed by atoms with Crippen molar-refractivity contribution < 1.29 is 14.6 Å². The zero-order valence-electron chi connectivity index (χ0n) is 26.9. The third-order valence-corrected chi connectivity index (χ3v) is 10.9. The smallest absolute Gasteiger partial charge is 0.323 e. The zero-order chi connectivity index (χ0) is 30.9. The molecule has 0 aromatic heterocycles. The van der Waals surface area contributed by atoms with Gasteiger partial charge in [-0.3, -0.25) is 9.69 Å². The number of aliphatic hydroxyl groups is 1. The van der Waals surface area contributed by atoms with Gasteiger partial charge in [-0.15, -0.1) is 0 Å². The molecule has 2 saturated heterocycles. The number of benzene rings is 3. The van der Waals surface area contributed by atoms with Gasteiger partial charge < -0.3 is 14.7 Å². The summed E-state index contributed by atoms with van der Waals surface area (Å²) >= 11 is 0. The van der Waals surface area contributed by atoms with E-state index < -0.39 is 5.60 Å². The molecular weight excluding hydrogens is 556 g/mol. The highest BCUT2D eigenvalue weighted by atomic mass is 16.5. The van der Waals surface area contributed by atoms with Crippen LogP contribution in [0.15, 0.2) is 91.0 Å². The Balaban J connectivity index is 1.11. The molecule has 0 bridgehead atoms. The van der Waals surface area contributed by atoms with Crippen molar-refractivity contribution in [2.75, 3.05) is 32.7 Å². The van der Waals surface area contributed by atoms with Crippen molar-refractivity contribution in [3.05, 3.63) is 108 Å².